The van der Waals surface area contributed by atoms with E-state index in [4.69, 9.17) is 0 Å². The van der Waals surface area contributed by atoms with Gasteiger partial charge in [-0.1, -0.05) is 30.3 Å². The molecule has 0 N–H and O–H groups in total. The minimum Gasteiger partial charge on any atom is -0.337 e. The monoisotopic (exact) mass is 283 g/mol. The molecule has 1 aromatic carbocycles. The number of nitrogens with zero attached hydrogens (tertiary/aromatic N) is 3. The zero-order chi connectivity index (χ0) is 14.5. The van der Waals surface area contributed by atoms with Crippen molar-refractivity contribution in [2.75, 3.05) is 13.1 Å². The molecular formula is C18H25N3. The maximum Gasteiger partial charge on any atom is 0.122 e. The molecule has 0 spiro atoms. The van der Waals surface area contributed by atoms with Crippen molar-refractivity contribution in [2.45, 2.75) is 32.2 Å². The van der Waals surface area contributed by atoms with E-state index in [9.17, 15) is 0 Å². The first kappa shape index (κ1) is 14.3. The van der Waals surface area contributed by atoms with E-state index in [1.54, 1.807) is 0 Å². The van der Waals surface area contributed by atoms with Crippen molar-refractivity contribution in [3.63, 3.8) is 0 Å². The Morgan fingerprint density at radius 1 is 1.24 bits per heavy atom. The van der Waals surface area contributed by atoms with Gasteiger partial charge in [-0.3, -0.25) is 4.90 Å². The minimum atomic E-state index is 0.833. The number of aromatic nitrogens is 2. The molecular weight excluding hydrogens is 258 g/mol. The van der Waals surface area contributed by atoms with E-state index in [0.717, 1.165) is 12.5 Å². The molecule has 0 saturated carbocycles. The summed E-state index contributed by atoms with van der Waals surface area (Å²) in [6.45, 7) is 3.43. The van der Waals surface area contributed by atoms with Crippen LogP contribution in [0.4, 0.5) is 0 Å². The van der Waals surface area contributed by atoms with Crippen molar-refractivity contribution in [3.05, 3.63) is 54.1 Å². The number of imidazole rings is 1. The Labute approximate surface area is 127 Å². The molecule has 3 rings (SSSR count). The van der Waals surface area contributed by atoms with E-state index < -0.39 is 0 Å². The molecule has 112 valence electrons. The van der Waals surface area contributed by atoms with Crippen LogP contribution in [0.2, 0.25) is 0 Å². The van der Waals surface area contributed by atoms with Crippen LogP contribution in [-0.4, -0.2) is 27.5 Å². The summed E-state index contributed by atoms with van der Waals surface area (Å²) < 4.78 is 2.13. The molecule has 1 atom stereocenters. The highest BCUT2D eigenvalue weighted by Crippen LogP contribution is 2.22. The van der Waals surface area contributed by atoms with Gasteiger partial charge >= 0.3 is 0 Å². The molecule has 3 nitrogen and oxygen atoms in total. The van der Waals surface area contributed by atoms with E-state index in [1.165, 1.54) is 50.2 Å². The second kappa shape index (κ2) is 6.90. The van der Waals surface area contributed by atoms with Crippen LogP contribution in [0.5, 0.6) is 0 Å². The first-order valence-electron chi connectivity index (χ1n) is 8.04. The van der Waals surface area contributed by atoms with Gasteiger partial charge in [-0.25, -0.2) is 4.98 Å². The summed E-state index contributed by atoms with van der Waals surface area (Å²) in [7, 11) is 2.08. The van der Waals surface area contributed by atoms with Crippen LogP contribution in [0.15, 0.2) is 42.7 Å². The fraction of sp³-hybridized carbons (Fsp3) is 0.500. The van der Waals surface area contributed by atoms with Crippen LogP contribution in [0.25, 0.3) is 0 Å². The molecule has 3 heteroatoms. The highest BCUT2D eigenvalue weighted by atomic mass is 15.2. The van der Waals surface area contributed by atoms with E-state index in [2.05, 4.69) is 51.8 Å². The molecule has 0 bridgehead atoms. The van der Waals surface area contributed by atoms with E-state index in [1.807, 2.05) is 12.4 Å². The maximum atomic E-state index is 4.45. The summed E-state index contributed by atoms with van der Waals surface area (Å²) in [5, 5.41) is 0. The zero-order valence-electron chi connectivity index (χ0n) is 12.9. The Morgan fingerprint density at radius 2 is 2.10 bits per heavy atom. The highest BCUT2D eigenvalue weighted by molar-refractivity contribution is 5.14. The summed E-state index contributed by atoms with van der Waals surface area (Å²) in [4.78, 5) is 7.02. The molecule has 21 heavy (non-hydrogen) atoms. The summed E-state index contributed by atoms with van der Waals surface area (Å²) in [5.41, 5.74) is 1.47. The summed E-state index contributed by atoms with van der Waals surface area (Å²) in [6.07, 6.45) is 9.15. The van der Waals surface area contributed by atoms with Crippen molar-refractivity contribution in [3.8, 4) is 0 Å². The van der Waals surface area contributed by atoms with Crippen LogP contribution < -0.4 is 0 Å². The fourth-order valence-corrected chi connectivity index (χ4v) is 3.29. The number of likely N-dealkylation sites (tertiary alicyclic amines) is 1. The van der Waals surface area contributed by atoms with Gasteiger partial charge in [0.05, 0.1) is 6.54 Å². The van der Waals surface area contributed by atoms with Crippen molar-refractivity contribution in [2.24, 2.45) is 13.0 Å². The Morgan fingerprint density at radius 3 is 2.86 bits per heavy atom. The number of aryl methyl sites for hydroxylation is 2. The lowest BCUT2D eigenvalue weighted by Gasteiger charge is -2.32. The Balaban J connectivity index is 1.50. The van der Waals surface area contributed by atoms with Crippen LogP contribution in [0, 0.1) is 5.92 Å². The second-order valence-corrected chi connectivity index (χ2v) is 6.22. The van der Waals surface area contributed by atoms with E-state index in [0.29, 0.717) is 0 Å². The number of rotatable bonds is 5. The van der Waals surface area contributed by atoms with Gasteiger partial charge in [0.15, 0.2) is 0 Å². The Kier molecular flexibility index (Phi) is 4.71. The smallest absolute Gasteiger partial charge is 0.122 e. The molecule has 2 heterocycles. The van der Waals surface area contributed by atoms with Crippen LogP contribution in [0.3, 0.4) is 0 Å². The highest BCUT2D eigenvalue weighted by Gasteiger charge is 2.20. The van der Waals surface area contributed by atoms with Gasteiger partial charge < -0.3 is 4.57 Å². The molecule has 0 unspecified atom stereocenters. The number of hydrogen-bond donors (Lipinski definition) is 0. The predicted molar refractivity (Wildman–Crippen MR) is 86.0 cm³/mol. The third-order valence-corrected chi connectivity index (χ3v) is 4.57. The van der Waals surface area contributed by atoms with Crippen LogP contribution in [-0.2, 0) is 20.0 Å². The van der Waals surface area contributed by atoms with E-state index in [-0.39, 0.29) is 0 Å². The molecule has 1 saturated heterocycles. The molecule has 1 aliphatic rings. The first-order valence-corrected chi connectivity index (χ1v) is 8.04. The lowest BCUT2D eigenvalue weighted by molar-refractivity contribution is 0.157. The minimum absolute atomic E-state index is 0.833. The summed E-state index contributed by atoms with van der Waals surface area (Å²) >= 11 is 0. The fourth-order valence-electron chi connectivity index (χ4n) is 3.29. The maximum absolute atomic E-state index is 4.45. The third kappa shape index (κ3) is 3.94. The Bertz CT molecular complexity index is 547. The molecule has 1 fully saturated rings. The van der Waals surface area contributed by atoms with Gasteiger partial charge in [0.1, 0.15) is 5.82 Å². The summed E-state index contributed by atoms with van der Waals surface area (Å²) in [5.74, 6) is 2.01. The average Bonchev–Trinajstić information content (AvgIpc) is 2.92. The third-order valence-electron chi connectivity index (χ3n) is 4.57. The average molecular weight is 283 g/mol. The molecule has 0 amide bonds. The molecule has 2 aromatic rings. The van der Waals surface area contributed by atoms with Gasteiger partial charge in [-0.2, -0.15) is 0 Å². The quantitative estimate of drug-likeness (QED) is 0.840. The molecule has 1 aliphatic heterocycles. The standard InChI is InChI=1S/C18H25N3/c1-20-13-11-19-18(20)15-21-12-5-8-17(14-21)10-9-16-6-3-2-4-7-16/h2-4,6-7,11,13,17H,5,8-10,12,14-15H2,1H3/t17-/m1/s1. The summed E-state index contributed by atoms with van der Waals surface area (Å²) in [6, 6.07) is 10.9. The van der Waals surface area contributed by atoms with Crippen molar-refractivity contribution >= 4 is 0 Å². The van der Waals surface area contributed by atoms with Gasteiger partial charge in [0.25, 0.3) is 0 Å². The first-order chi connectivity index (χ1) is 10.3. The Hall–Kier alpha value is -1.61. The lowest BCUT2D eigenvalue weighted by Crippen LogP contribution is -2.35. The SMILES string of the molecule is Cn1ccnc1CN1CCC[C@H](CCc2ccccc2)C1. The normalized spacial score (nSPS) is 19.8. The van der Waals surface area contributed by atoms with E-state index >= 15 is 0 Å². The van der Waals surface area contributed by atoms with Gasteiger partial charge in [-0.05, 0) is 43.7 Å². The lowest BCUT2D eigenvalue weighted by atomic mass is 9.91. The topological polar surface area (TPSA) is 21.1 Å². The van der Waals surface area contributed by atoms with Gasteiger partial charge in [0, 0.05) is 26.0 Å². The second-order valence-electron chi connectivity index (χ2n) is 6.22. The van der Waals surface area contributed by atoms with Gasteiger partial charge in [-0.15, -0.1) is 0 Å². The predicted octanol–water partition coefficient (Wildman–Crippen LogP) is 3.26. The van der Waals surface area contributed by atoms with Crippen molar-refractivity contribution < 1.29 is 0 Å². The molecule has 0 aliphatic carbocycles. The molecule has 0 radical (unpaired) electrons. The van der Waals surface area contributed by atoms with Gasteiger partial charge in [0.2, 0.25) is 0 Å². The zero-order valence-corrected chi connectivity index (χ0v) is 12.9. The van der Waals surface area contributed by atoms with Crippen LogP contribution >= 0.6 is 0 Å². The van der Waals surface area contributed by atoms with Crippen molar-refractivity contribution in [1.82, 2.24) is 14.5 Å². The number of hydrogen-bond acceptors (Lipinski definition) is 2. The molecule has 1 aromatic heterocycles. The number of piperidine rings is 1. The van der Waals surface area contributed by atoms with Crippen molar-refractivity contribution in [1.29, 1.82) is 0 Å². The largest absolute Gasteiger partial charge is 0.337 e. The van der Waals surface area contributed by atoms with Crippen LogP contribution in [0.1, 0.15) is 30.7 Å². The number of benzene rings is 1.